The molecule has 0 radical (unpaired) electrons. The van der Waals surface area contributed by atoms with Crippen molar-refractivity contribution < 1.29 is 22.7 Å². The monoisotopic (exact) mass is 444 g/mol. The molecule has 1 atom stereocenters. The van der Waals surface area contributed by atoms with Crippen molar-refractivity contribution in [1.29, 1.82) is 0 Å². The third-order valence-corrected chi connectivity index (χ3v) is 6.18. The Morgan fingerprint density at radius 3 is 2.50 bits per heavy atom. The number of rotatable bonds is 3. The Labute approximate surface area is 185 Å². The Kier molecular flexibility index (Phi) is 5.14. The molecular weight excluding hydrogens is 417 g/mol. The van der Waals surface area contributed by atoms with Gasteiger partial charge in [0, 0.05) is 29.5 Å². The quantitative estimate of drug-likeness (QED) is 0.607. The molecule has 1 aliphatic carbocycles. The molecule has 32 heavy (non-hydrogen) atoms. The molecule has 1 unspecified atom stereocenters. The highest BCUT2D eigenvalue weighted by atomic mass is 19.4. The number of carbonyl (C=O) groups excluding carboxylic acids is 1. The molecule has 4 rings (SSSR count). The lowest BCUT2D eigenvalue weighted by atomic mass is 9.62. The molecule has 0 bridgehead atoms. The van der Waals surface area contributed by atoms with Gasteiger partial charge >= 0.3 is 6.18 Å². The number of halogens is 3. The zero-order valence-electron chi connectivity index (χ0n) is 18.9. The summed E-state index contributed by atoms with van der Waals surface area (Å²) in [6, 6.07) is 8.37. The standard InChI is InChI=1S/C25H27F3N2O2/c1-14(2)32-17-8-6-7-15(9-17)24(5)18-10-16(25(26,27)28)13-29-22(18)30-19-11-23(3,4)12-20(31)21(19)24/h6-10,13-14H,11-12H2,1-5H3,(H,29,30). The van der Waals surface area contributed by atoms with Gasteiger partial charge in [0.25, 0.3) is 0 Å². The van der Waals surface area contributed by atoms with Gasteiger partial charge in [-0.3, -0.25) is 4.79 Å². The first-order chi connectivity index (χ1) is 14.8. The summed E-state index contributed by atoms with van der Waals surface area (Å²) in [5, 5.41) is 3.18. The van der Waals surface area contributed by atoms with E-state index in [1.165, 1.54) is 0 Å². The second-order valence-electron chi connectivity index (χ2n) is 9.86. The molecule has 0 spiro atoms. The number of pyridine rings is 1. The second-order valence-corrected chi connectivity index (χ2v) is 9.86. The largest absolute Gasteiger partial charge is 0.491 e. The van der Waals surface area contributed by atoms with E-state index in [0.717, 1.165) is 18.0 Å². The van der Waals surface area contributed by atoms with Crippen LogP contribution in [0.4, 0.5) is 19.0 Å². The average molecular weight is 444 g/mol. The van der Waals surface area contributed by atoms with Crippen molar-refractivity contribution in [3.63, 3.8) is 0 Å². The summed E-state index contributed by atoms with van der Waals surface area (Å²) >= 11 is 0. The van der Waals surface area contributed by atoms with Crippen LogP contribution in [-0.2, 0) is 16.4 Å². The van der Waals surface area contributed by atoms with Crippen LogP contribution < -0.4 is 10.1 Å². The highest BCUT2D eigenvalue weighted by molar-refractivity contribution is 6.02. The molecule has 2 aliphatic rings. The molecule has 1 aliphatic heterocycles. The molecule has 170 valence electrons. The number of anilines is 1. The highest BCUT2D eigenvalue weighted by Gasteiger charge is 2.49. The summed E-state index contributed by atoms with van der Waals surface area (Å²) in [6.07, 6.45) is -2.84. The van der Waals surface area contributed by atoms with E-state index >= 15 is 0 Å². The fraction of sp³-hybridized carbons (Fsp3) is 0.440. The Hall–Kier alpha value is -2.83. The van der Waals surface area contributed by atoms with Crippen molar-refractivity contribution in [1.82, 2.24) is 4.98 Å². The number of hydrogen-bond donors (Lipinski definition) is 1. The number of allylic oxidation sites excluding steroid dienone is 2. The molecule has 0 saturated heterocycles. The van der Waals surface area contributed by atoms with E-state index in [1.54, 1.807) is 12.1 Å². The van der Waals surface area contributed by atoms with E-state index < -0.39 is 17.2 Å². The molecule has 1 aromatic heterocycles. The van der Waals surface area contributed by atoms with Gasteiger partial charge in [-0.05, 0) is 56.4 Å². The van der Waals surface area contributed by atoms with Gasteiger partial charge in [0.1, 0.15) is 11.6 Å². The Balaban J connectivity index is 1.99. The molecule has 2 aromatic rings. The normalized spacial score (nSPS) is 22.3. The zero-order valence-corrected chi connectivity index (χ0v) is 18.9. The number of ketones is 1. The van der Waals surface area contributed by atoms with Gasteiger partial charge in [0.15, 0.2) is 5.78 Å². The Morgan fingerprint density at radius 2 is 1.84 bits per heavy atom. The molecule has 1 aromatic carbocycles. The minimum Gasteiger partial charge on any atom is -0.491 e. The van der Waals surface area contributed by atoms with Crippen molar-refractivity contribution in [2.75, 3.05) is 5.32 Å². The van der Waals surface area contributed by atoms with Crippen molar-refractivity contribution in [3.05, 3.63) is 64.5 Å². The van der Waals surface area contributed by atoms with Gasteiger partial charge in [0.05, 0.1) is 17.1 Å². The fourth-order valence-electron chi connectivity index (χ4n) is 4.84. The molecule has 1 N–H and O–H groups in total. The van der Waals surface area contributed by atoms with Gasteiger partial charge in [-0.2, -0.15) is 13.2 Å². The molecular formula is C25H27F3N2O2. The highest BCUT2D eigenvalue weighted by Crippen LogP contribution is 2.53. The number of fused-ring (bicyclic) bond motifs is 1. The number of hydrogen-bond acceptors (Lipinski definition) is 4. The number of carbonyl (C=O) groups is 1. The zero-order chi connectivity index (χ0) is 23.5. The Bertz CT molecular complexity index is 1120. The topological polar surface area (TPSA) is 51.2 Å². The summed E-state index contributed by atoms with van der Waals surface area (Å²) in [5.41, 5.74) is 0.0625. The van der Waals surface area contributed by atoms with Gasteiger partial charge in [-0.25, -0.2) is 4.98 Å². The van der Waals surface area contributed by atoms with Crippen LogP contribution in [0.5, 0.6) is 5.75 Å². The lowest BCUT2D eigenvalue weighted by molar-refractivity contribution is -0.137. The van der Waals surface area contributed by atoms with Gasteiger partial charge in [0.2, 0.25) is 0 Å². The van der Waals surface area contributed by atoms with Crippen LogP contribution in [-0.4, -0.2) is 16.9 Å². The molecule has 0 amide bonds. The van der Waals surface area contributed by atoms with E-state index in [-0.39, 0.29) is 17.3 Å². The maximum atomic E-state index is 13.6. The predicted octanol–water partition coefficient (Wildman–Crippen LogP) is 6.26. The fourth-order valence-corrected chi connectivity index (χ4v) is 4.84. The lowest BCUT2D eigenvalue weighted by Crippen LogP contribution is -2.42. The maximum Gasteiger partial charge on any atom is 0.417 e. The number of alkyl halides is 3. The third-order valence-electron chi connectivity index (χ3n) is 6.18. The van der Waals surface area contributed by atoms with Crippen LogP contribution >= 0.6 is 0 Å². The van der Waals surface area contributed by atoms with Crippen LogP contribution in [0.2, 0.25) is 0 Å². The van der Waals surface area contributed by atoms with E-state index in [0.29, 0.717) is 41.1 Å². The van der Waals surface area contributed by atoms with E-state index in [1.807, 2.05) is 46.8 Å². The van der Waals surface area contributed by atoms with Gasteiger partial charge in [-0.15, -0.1) is 0 Å². The lowest BCUT2D eigenvalue weighted by Gasteiger charge is -2.44. The van der Waals surface area contributed by atoms with Crippen LogP contribution in [0.25, 0.3) is 0 Å². The van der Waals surface area contributed by atoms with E-state index in [4.69, 9.17) is 4.74 Å². The SMILES string of the molecule is CC(C)Oc1cccc(C2(C)C3=C(CC(C)(C)CC3=O)Nc3ncc(C(F)(F)F)cc32)c1. The minimum absolute atomic E-state index is 0.0653. The van der Waals surface area contributed by atoms with Crippen molar-refractivity contribution in [3.8, 4) is 5.75 Å². The molecule has 2 heterocycles. The summed E-state index contributed by atoms with van der Waals surface area (Å²) in [4.78, 5) is 17.5. The van der Waals surface area contributed by atoms with E-state index in [2.05, 4.69) is 10.3 Å². The van der Waals surface area contributed by atoms with Gasteiger partial charge < -0.3 is 10.1 Å². The maximum absolute atomic E-state index is 13.6. The minimum atomic E-state index is -4.54. The summed E-state index contributed by atoms with van der Waals surface area (Å²) < 4.78 is 46.6. The summed E-state index contributed by atoms with van der Waals surface area (Å²) in [5.74, 6) is 0.883. The van der Waals surface area contributed by atoms with Crippen LogP contribution in [0.15, 0.2) is 47.8 Å². The first kappa shape index (κ1) is 22.4. The first-order valence-electron chi connectivity index (χ1n) is 10.7. The third kappa shape index (κ3) is 3.78. The summed E-state index contributed by atoms with van der Waals surface area (Å²) in [6.45, 7) is 9.65. The van der Waals surface area contributed by atoms with Crippen LogP contribution in [0, 0.1) is 5.41 Å². The smallest absolute Gasteiger partial charge is 0.417 e. The molecule has 7 heteroatoms. The number of benzene rings is 1. The van der Waals surface area contributed by atoms with Crippen molar-refractivity contribution >= 4 is 11.6 Å². The number of aromatic nitrogens is 1. The second kappa shape index (κ2) is 7.36. The van der Waals surface area contributed by atoms with Crippen molar-refractivity contribution in [2.24, 2.45) is 5.41 Å². The van der Waals surface area contributed by atoms with Crippen LogP contribution in [0.1, 0.15) is 64.2 Å². The number of nitrogens with one attached hydrogen (secondary N) is 1. The number of Topliss-reactive ketones (excluding diaryl/α,β-unsaturated/α-hetero) is 1. The number of ether oxygens (including phenoxy) is 1. The number of nitrogens with zero attached hydrogens (tertiary/aromatic N) is 1. The average Bonchev–Trinajstić information content (AvgIpc) is 2.65. The molecule has 0 saturated carbocycles. The van der Waals surface area contributed by atoms with Crippen LogP contribution in [0.3, 0.4) is 0 Å². The van der Waals surface area contributed by atoms with E-state index in [9.17, 15) is 18.0 Å². The predicted molar refractivity (Wildman–Crippen MR) is 117 cm³/mol. The van der Waals surface area contributed by atoms with Crippen molar-refractivity contribution in [2.45, 2.75) is 65.2 Å². The summed E-state index contributed by atoms with van der Waals surface area (Å²) in [7, 11) is 0. The first-order valence-corrected chi connectivity index (χ1v) is 10.7. The Morgan fingerprint density at radius 1 is 1.12 bits per heavy atom. The molecule has 4 nitrogen and oxygen atoms in total. The molecule has 0 fully saturated rings. The van der Waals surface area contributed by atoms with Gasteiger partial charge in [-0.1, -0.05) is 26.0 Å².